The van der Waals surface area contributed by atoms with Crippen LogP contribution in [0.25, 0.3) is 11.3 Å². The van der Waals surface area contributed by atoms with Crippen LogP contribution in [-0.2, 0) is 0 Å². The Morgan fingerprint density at radius 1 is 1.53 bits per heavy atom. The van der Waals surface area contributed by atoms with Crippen LogP contribution in [0.15, 0.2) is 18.5 Å². The molecular weight excluding hydrogens is 199 g/mol. The van der Waals surface area contributed by atoms with Crippen LogP contribution < -0.4 is 10.5 Å². The molecule has 0 unspecified atom stereocenters. The maximum absolute atomic E-state index is 13.5. The molecule has 0 atom stereocenters. The van der Waals surface area contributed by atoms with Gasteiger partial charge in [0.25, 0.3) is 0 Å². The largest absolute Gasteiger partial charge is 0.494 e. The van der Waals surface area contributed by atoms with Crippen molar-refractivity contribution in [3.05, 3.63) is 24.3 Å². The summed E-state index contributed by atoms with van der Waals surface area (Å²) in [5.41, 5.74) is 6.03. The highest BCUT2D eigenvalue weighted by Crippen LogP contribution is 2.30. The zero-order valence-electron chi connectivity index (χ0n) is 7.99. The summed E-state index contributed by atoms with van der Waals surface area (Å²) in [6.07, 6.45) is 3.03. The maximum atomic E-state index is 13.5. The van der Waals surface area contributed by atoms with Crippen LogP contribution in [0.4, 0.5) is 10.2 Å². The van der Waals surface area contributed by atoms with Crippen LogP contribution in [0, 0.1) is 5.82 Å². The normalized spacial score (nSPS) is 10.3. The topological polar surface area (TPSA) is 76.8 Å². The monoisotopic (exact) mass is 208 g/mol. The standard InChI is InChI=1S/C9H9FN4O/c1-15-6-4-12-3-2-5(6)8-7(10)9(11)14-13-8/h2-4H,1H3,(H3,11,13,14). The van der Waals surface area contributed by atoms with Gasteiger partial charge in [-0.1, -0.05) is 0 Å². The van der Waals surface area contributed by atoms with Crippen molar-refractivity contribution in [3.63, 3.8) is 0 Å². The van der Waals surface area contributed by atoms with Gasteiger partial charge in [0.1, 0.15) is 11.4 Å². The lowest BCUT2D eigenvalue weighted by molar-refractivity contribution is 0.414. The van der Waals surface area contributed by atoms with Crippen molar-refractivity contribution in [2.24, 2.45) is 0 Å². The Labute approximate surface area is 85.1 Å². The highest BCUT2D eigenvalue weighted by atomic mass is 19.1. The molecule has 5 nitrogen and oxygen atoms in total. The SMILES string of the molecule is COc1cnccc1-c1[nH]nc(N)c1F. The van der Waals surface area contributed by atoms with Gasteiger partial charge in [-0.25, -0.2) is 4.39 Å². The fourth-order valence-corrected chi connectivity index (χ4v) is 1.27. The average Bonchev–Trinajstić information content (AvgIpc) is 2.60. The zero-order chi connectivity index (χ0) is 10.8. The Morgan fingerprint density at radius 3 is 2.93 bits per heavy atom. The van der Waals surface area contributed by atoms with Gasteiger partial charge in [0, 0.05) is 11.8 Å². The van der Waals surface area contributed by atoms with Crippen molar-refractivity contribution in [2.75, 3.05) is 12.8 Å². The van der Waals surface area contributed by atoms with Gasteiger partial charge in [-0.2, -0.15) is 5.10 Å². The smallest absolute Gasteiger partial charge is 0.192 e. The van der Waals surface area contributed by atoms with Gasteiger partial charge in [-0.05, 0) is 6.07 Å². The molecule has 2 heterocycles. The molecule has 0 aliphatic rings. The zero-order valence-corrected chi connectivity index (χ0v) is 7.99. The molecule has 6 heteroatoms. The first kappa shape index (κ1) is 9.45. The first-order valence-electron chi connectivity index (χ1n) is 4.21. The number of aromatic amines is 1. The third kappa shape index (κ3) is 1.50. The van der Waals surface area contributed by atoms with Gasteiger partial charge in [0.05, 0.1) is 13.3 Å². The highest BCUT2D eigenvalue weighted by molar-refractivity contribution is 5.68. The molecule has 78 valence electrons. The van der Waals surface area contributed by atoms with E-state index < -0.39 is 5.82 Å². The molecule has 0 saturated heterocycles. The van der Waals surface area contributed by atoms with Crippen molar-refractivity contribution in [2.45, 2.75) is 0 Å². The Balaban J connectivity index is 2.58. The van der Waals surface area contributed by atoms with E-state index in [0.717, 1.165) is 0 Å². The van der Waals surface area contributed by atoms with Crippen LogP contribution in [0.5, 0.6) is 5.75 Å². The minimum atomic E-state index is -0.584. The molecule has 2 aromatic rings. The molecule has 0 spiro atoms. The lowest BCUT2D eigenvalue weighted by Gasteiger charge is -2.04. The number of hydrogen-bond donors (Lipinski definition) is 2. The lowest BCUT2D eigenvalue weighted by atomic mass is 10.2. The quantitative estimate of drug-likeness (QED) is 0.777. The van der Waals surface area contributed by atoms with Crippen molar-refractivity contribution < 1.29 is 9.13 Å². The summed E-state index contributed by atoms with van der Waals surface area (Å²) in [5.74, 6) is -0.289. The van der Waals surface area contributed by atoms with Crippen LogP contribution >= 0.6 is 0 Å². The molecule has 0 aromatic carbocycles. The van der Waals surface area contributed by atoms with Crippen molar-refractivity contribution >= 4 is 5.82 Å². The van der Waals surface area contributed by atoms with Crippen LogP contribution in [0.2, 0.25) is 0 Å². The maximum Gasteiger partial charge on any atom is 0.192 e. The van der Waals surface area contributed by atoms with Crippen LogP contribution in [0.1, 0.15) is 0 Å². The molecule has 0 radical (unpaired) electrons. The Kier molecular flexibility index (Phi) is 2.24. The van der Waals surface area contributed by atoms with E-state index in [1.54, 1.807) is 6.07 Å². The number of methoxy groups -OCH3 is 1. The second kappa shape index (κ2) is 3.56. The number of halogens is 1. The van der Waals surface area contributed by atoms with Crippen molar-refractivity contribution in [1.82, 2.24) is 15.2 Å². The first-order chi connectivity index (χ1) is 7.24. The number of nitrogens with zero attached hydrogens (tertiary/aromatic N) is 2. The number of ether oxygens (including phenoxy) is 1. The number of anilines is 1. The van der Waals surface area contributed by atoms with E-state index in [9.17, 15) is 4.39 Å². The Bertz CT molecular complexity index is 483. The minimum absolute atomic E-state index is 0.163. The molecule has 3 N–H and O–H groups in total. The van der Waals surface area contributed by atoms with Gasteiger partial charge in [0.2, 0.25) is 0 Å². The molecule has 2 aromatic heterocycles. The fourth-order valence-electron chi connectivity index (χ4n) is 1.27. The molecule has 0 saturated carbocycles. The van der Waals surface area contributed by atoms with Crippen molar-refractivity contribution in [3.8, 4) is 17.0 Å². The van der Waals surface area contributed by atoms with Gasteiger partial charge >= 0.3 is 0 Å². The number of aromatic nitrogens is 3. The van der Waals surface area contributed by atoms with Gasteiger partial charge in [-0.15, -0.1) is 0 Å². The second-order valence-corrected chi connectivity index (χ2v) is 2.87. The Morgan fingerprint density at radius 2 is 2.33 bits per heavy atom. The number of hydrogen-bond acceptors (Lipinski definition) is 4. The molecular formula is C9H9FN4O. The minimum Gasteiger partial charge on any atom is -0.494 e. The third-order valence-corrected chi connectivity index (χ3v) is 2.01. The summed E-state index contributed by atoms with van der Waals surface area (Å²) < 4.78 is 18.5. The summed E-state index contributed by atoms with van der Waals surface area (Å²) >= 11 is 0. The summed E-state index contributed by atoms with van der Waals surface area (Å²) in [6.45, 7) is 0. The molecule has 0 aliphatic carbocycles. The van der Waals surface area contributed by atoms with E-state index in [4.69, 9.17) is 10.5 Å². The van der Waals surface area contributed by atoms with Gasteiger partial charge in [0.15, 0.2) is 11.6 Å². The summed E-state index contributed by atoms with van der Waals surface area (Å²) in [4.78, 5) is 3.87. The highest BCUT2D eigenvalue weighted by Gasteiger charge is 2.15. The molecule has 0 bridgehead atoms. The molecule has 2 rings (SSSR count). The summed E-state index contributed by atoms with van der Waals surface area (Å²) in [5, 5.41) is 6.08. The van der Waals surface area contributed by atoms with Crippen LogP contribution in [-0.4, -0.2) is 22.3 Å². The lowest BCUT2D eigenvalue weighted by Crippen LogP contribution is -1.91. The first-order valence-corrected chi connectivity index (χ1v) is 4.21. The third-order valence-electron chi connectivity index (χ3n) is 2.01. The van der Waals surface area contributed by atoms with Gasteiger partial charge < -0.3 is 10.5 Å². The number of nitrogens with one attached hydrogen (secondary N) is 1. The fraction of sp³-hybridized carbons (Fsp3) is 0.111. The van der Waals surface area contributed by atoms with E-state index in [1.807, 2.05) is 0 Å². The number of pyridine rings is 1. The number of rotatable bonds is 2. The van der Waals surface area contributed by atoms with E-state index in [1.165, 1.54) is 19.5 Å². The molecule has 15 heavy (non-hydrogen) atoms. The Hall–Kier alpha value is -2.11. The summed E-state index contributed by atoms with van der Waals surface area (Å²) in [6, 6.07) is 1.62. The van der Waals surface area contributed by atoms with E-state index >= 15 is 0 Å². The van der Waals surface area contributed by atoms with E-state index in [-0.39, 0.29) is 11.5 Å². The molecule has 0 aliphatic heterocycles. The number of nitrogens with two attached hydrogens (primary N) is 1. The van der Waals surface area contributed by atoms with Gasteiger partial charge in [-0.3, -0.25) is 10.1 Å². The predicted molar refractivity (Wildman–Crippen MR) is 52.7 cm³/mol. The van der Waals surface area contributed by atoms with E-state index in [0.29, 0.717) is 11.3 Å². The molecule has 0 fully saturated rings. The van der Waals surface area contributed by atoms with E-state index in [2.05, 4.69) is 15.2 Å². The number of nitrogen functional groups attached to an aromatic ring is 1. The second-order valence-electron chi connectivity index (χ2n) is 2.87. The molecule has 0 amide bonds. The van der Waals surface area contributed by atoms with Crippen LogP contribution in [0.3, 0.4) is 0 Å². The predicted octanol–water partition coefficient (Wildman–Crippen LogP) is 1.20. The summed E-state index contributed by atoms with van der Waals surface area (Å²) in [7, 11) is 1.48. The van der Waals surface area contributed by atoms with Crippen molar-refractivity contribution in [1.29, 1.82) is 0 Å². The average molecular weight is 208 g/mol. The number of H-pyrrole nitrogens is 1.